The molecule has 2 atom stereocenters. The second-order valence-electron chi connectivity index (χ2n) is 2.73. The van der Waals surface area contributed by atoms with Crippen molar-refractivity contribution < 1.29 is 9.47 Å². The van der Waals surface area contributed by atoms with Gasteiger partial charge in [-0.15, -0.1) is 0 Å². The quantitative estimate of drug-likeness (QED) is 0.555. The highest BCUT2D eigenvalue weighted by atomic mass is 16.6. The van der Waals surface area contributed by atoms with Crippen LogP contribution in [0.5, 0.6) is 0 Å². The Morgan fingerprint density at radius 3 is 3.00 bits per heavy atom. The molecule has 0 spiro atoms. The van der Waals surface area contributed by atoms with Gasteiger partial charge in [-0.3, -0.25) is 0 Å². The van der Waals surface area contributed by atoms with Gasteiger partial charge in [0.1, 0.15) is 6.10 Å². The monoisotopic (exact) mass is 155 g/mol. The zero-order chi connectivity index (χ0) is 8.10. The third kappa shape index (κ3) is 3.35. The van der Waals surface area contributed by atoms with Crippen molar-refractivity contribution in [3.63, 3.8) is 0 Å². The van der Waals surface area contributed by atoms with Gasteiger partial charge >= 0.3 is 0 Å². The van der Waals surface area contributed by atoms with E-state index in [0.29, 0.717) is 19.3 Å². The Morgan fingerprint density at radius 2 is 2.55 bits per heavy atom. The minimum atomic E-state index is 0.0498. The lowest BCUT2D eigenvalue weighted by Gasteiger charge is -2.04. The summed E-state index contributed by atoms with van der Waals surface area (Å²) in [5, 5.41) is 8.55. The maximum atomic E-state index is 8.55. The van der Waals surface area contributed by atoms with Crippen LogP contribution in [-0.2, 0) is 9.47 Å². The molecule has 0 aliphatic carbocycles. The van der Waals surface area contributed by atoms with E-state index < -0.39 is 0 Å². The average molecular weight is 155 g/mol. The van der Waals surface area contributed by atoms with E-state index in [1.165, 1.54) is 0 Å². The number of epoxide rings is 1. The number of rotatable bonds is 5. The first-order valence-electron chi connectivity index (χ1n) is 3.95. The molecule has 3 heteroatoms. The lowest BCUT2D eigenvalue weighted by atomic mass is 10.1. The number of ether oxygens (including phenoxy) is 2. The molecule has 3 nitrogen and oxygen atoms in total. The predicted molar refractivity (Wildman–Crippen MR) is 40.0 cm³/mol. The zero-order valence-corrected chi connectivity index (χ0v) is 6.75. The van der Waals surface area contributed by atoms with E-state index in [0.717, 1.165) is 13.0 Å². The summed E-state index contributed by atoms with van der Waals surface area (Å²) < 4.78 is 10.2. The minimum absolute atomic E-state index is 0.0498. The summed E-state index contributed by atoms with van der Waals surface area (Å²) in [5.41, 5.74) is 0. The second kappa shape index (κ2) is 4.32. The molecule has 0 amide bonds. The number of nitrogens with zero attached hydrogens (tertiary/aromatic N) is 1. The Balaban J connectivity index is 1.95. The Hall–Kier alpha value is -0.590. The highest BCUT2D eigenvalue weighted by Crippen LogP contribution is 2.09. The molecule has 2 unspecified atom stereocenters. The smallest absolute Gasteiger partial charge is 0.104 e. The molecule has 0 N–H and O–H groups in total. The van der Waals surface area contributed by atoms with Crippen molar-refractivity contribution in [3.8, 4) is 6.07 Å². The maximum absolute atomic E-state index is 8.55. The molecule has 1 aliphatic rings. The third-order valence-electron chi connectivity index (χ3n) is 1.70. The van der Waals surface area contributed by atoms with Gasteiger partial charge in [0.2, 0.25) is 0 Å². The van der Waals surface area contributed by atoms with Crippen molar-refractivity contribution in [2.75, 3.05) is 19.8 Å². The third-order valence-corrected chi connectivity index (χ3v) is 1.70. The fourth-order valence-electron chi connectivity index (χ4n) is 0.752. The van der Waals surface area contributed by atoms with Crippen LogP contribution in [0.3, 0.4) is 0 Å². The van der Waals surface area contributed by atoms with E-state index in [1.54, 1.807) is 0 Å². The van der Waals surface area contributed by atoms with Crippen molar-refractivity contribution in [2.24, 2.45) is 5.92 Å². The van der Waals surface area contributed by atoms with E-state index in [1.807, 2.05) is 6.92 Å². The lowest BCUT2D eigenvalue weighted by molar-refractivity contribution is 0.0981. The van der Waals surface area contributed by atoms with Gasteiger partial charge in [-0.2, -0.15) is 5.26 Å². The summed E-state index contributed by atoms with van der Waals surface area (Å²) in [6.45, 7) is 4.01. The summed E-state index contributed by atoms with van der Waals surface area (Å²) in [6.07, 6.45) is 1.17. The second-order valence-corrected chi connectivity index (χ2v) is 2.73. The van der Waals surface area contributed by atoms with Crippen LogP contribution in [-0.4, -0.2) is 25.9 Å². The molecule has 0 aromatic carbocycles. The molecule has 1 fully saturated rings. The van der Waals surface area contributed by atoms with Gasteiger partial charge in [-0.25, -0.2) is 0 Å². The molecule has 1 saturated heterocycles. The van der Waals surface area contributed by atoms with Crippen LogP contribution < -0.4 is 0 Å². The molecular formula is C8H13NO2. The summed E-state index contributed by atoms with van der Waals surface area (Å²) in [5.74, 6) is 0.0498. The number of hydrogen-bond acceptors (Lipinski definition) is 3. The highest BCUT2D eigenvalue weighted by molar-refractivity contribution is 4.81. The van der Waals surface area contributed by atoms with E-state index in [9.17, 15) is 0 Å². The molecule has 1 heterocycles. The van der Waals surface area contributed by atoms with Crippen LogP contribution in [0, 0.1) is 17.2 Å². The highest BCUT2D eigenvalue weighted by Gasteiger charge is 2.22. The fourth-order valence-corrected chi connectivity index (χ4v) is 0.752. The zero-order valence-electron chi connectivity index (χ0n) is 6.75. The van der Waals surface area contributed by atoms with Crippen LogP contribution in [0.4, 0.5) is 0 Å². The van der Waals surface area contributed by atoms with Gasteiger partial charge in [-0.1, -0.05) is 6.92 Å². The molecular weight excluding hydrogens is 142 g/mol. The van der Waals surface area contributed by atoms with Crippen molar-refractivity contribution in [2.45, 2.75) is 19.4 Å². The first-order valence-corrected chi connectivity index (χ1v) is 3.95. The topological polar surface area (TPSA) is 45.5 Å². The van der Waals surface area contributed by atoms with E-state index in [2.05, 4.69) is 6.07 Å². The summed E-state index contributed by atoms with van der Waals surface area (Å²) in [7, 11) is 0. The average Bonchev–Trinajstić information content (AvgIpc) is 2.82. The van der Waals surface area contributed by atoms with Crippen LogP contribution in [0.15, 0.2) is 0 Å². The van der Waals surface area contributed by atoms with E-state index in [4.69, 9.17) is 14.7 Å². The van der Waals surface area contributed by atoms with Crippen molar-refractivity contribution >= 4 is 0 Å². The maximum Gasteiger partial charge on any atom is 0.104 e. The van der Waals surface area contributed by atoms with Crippen molar-refractivity contribution in [1.29, 1.82) is 5.26 Å². The van der Waals surface area contributed by atoms with E-state index >= 15 is 0 Å². The Kier molecular flexibility index (Phi) is 3.34. The summed E-state index contributed by atoms with van der Waals surface area (Å²) >= 11 is 0. The first kappa shape index (κ1) is 8.51. The first-order chi connectivity index (χ1) is 5.36. The Morgan fingerprint density at radius 1 is 1.82 bits per heavy atom. The van der Waals surface area contributed by atoms with Gasteiger partial charge in [0.15, 0.2) is 0 Å². The SMILES string of the molecule is CCC(C#N)COCC1CO1. The van der Waals surface area contributed by atoms with Crippen molar-refractivity contribution in [3.05, 3.63) is 0 Å². The number of nitriles is 1. The van der Waals surface area contributed by atoms with Crippen molar-refractivity contribution in [1.82, 2.24) is 0 Å². The fraction of sp³-hybridized carbons (Fsp3) is 0.875. The summed E-state index contributed by atoms with van der Waals surface area (Å²) in [6, 6.07) is 2.18. The lowest BCUT2D eigenvalue weighted by Crippen LogP contribution is -2.10. The van der Waals surface area contributed by atoms with Crippen LogP contribution >= 0.6 is 0 Å². The largest absolute Gasteiger partial charge is 0.377 e. The van der Waals surface area contributed by atoms with Crippen LogP contribution in [0.1, 0.15) is 13.3 Å². The molecule has 62 valence electrons. The standard InChI is InChI=1S/C8H13NO2/c1-2-7(3-9)4-10-5-8-6-11-8/h7-8H,2,4-6H2,1H3. The molecule has 0 saturated carbocycles. The number of hydrogen-bond donors (Lipinski definition) is 0. The molecule has 0 radical (unpaired) electrons. The molecule has 11 heavy (non-hydrogen) atoms. The molecule has 0 aromatic rings. The Labute approximate surface area is 66.9 Å². The molecule has 0 bridgehead atoms. The van der Waals surface area contributed by atoms with Gasteiger partial charge in [0.25, 0.3) is 0 Å². The van der Waals surface area contributed by atoms with Crippen LogP contribution in [0.2, 0.25) is 0 Å². The van der Waals surface area contributed by atoms with Gasteiger partial charge < -0.3 is 9.47 Å². The Bertz CT molecular complexity index is 149. The predicted octanol–water partition coefficient (Wildman–Crippen LogP) is 0.952. The molecule has 1 aliphatic heterocycles. The normalized spacial score (nSPS) is 24.2. The van der Waals surface area contributed by atoms with Gasteiger partial charge in [-0.05, 0) is 6.42 Å². The molecule has 1 rings (SSSR count). The minimum Gasteiger partial charge on any atom is -0.377 e. The van der Waals surface area contributed by atoms with Gasteiger partial charge in [0.05, 0.1) is 31.8 Å². The summed E-state index contributed by atoms with van der Waals surface area (Å²) in [4.78, 5) is 0. The molecule has 0 aromatic heterocycles. The van der Waals surface area contributed by atoms with Crippen LogP contribution in [0.25, 0.3) is 0 Å². The van der Waals surface area contributed by atoms with Gasteiger partial charge in [0, 0.05) is 0 Å². The van der Waals surface area contributed by atoms with E-state index in [-0.39, 0.29) is 5.92 Å².